The van der Waals surface area contributed by atoms with E-state index in [0.717, 1.165) is 27.4 Å². The van der Waals surface area contributed by atoms with Gasteiger partial charge in [-0.2, -0.15) is 0 Å². The molecule has 15 heteroatoms. The summed E-state index contributed by atoms with van der Waals surface area (Å²) in [5.74, 6) is -1.50. The fourth-order valence-electron chi connectivity index (χ4n) is 5.12. The van der Waals surface area contributed by atoms with Crippen LogP contribution in [0.1, 0.15) is 20.7 Å². The number of aromatic hydroxyl groups is 1. The Kier molecular flexibility index (Phi) is 12.7. The average molecular weight is 920 g/mol. The first-order valence-electron chi connectivity index (χ1n) is 15.4. The zero-order valence-electron chi connectivity index (χ0n) is 27.4. The molecule has 5 aromatic carbocycles. The molecule has 272 valence electrons. The van der Waals surface area contributed by atoms with Crippen LogP contribution in [0.15, 0.2) is 106 Å². The second-order valence-electron chi connectivity index (χ2n) is 11.2. The summed E-state index contributed by atoms with van der Waals surface area (Å²) in [6.07, 6.45) is 0. The molecule has 7 nitrogen and oxygen atoms in total. The van der Waals surface area contributed by atoms with E-state index in [9.17, 15) is 19.8 Å². The Hall–Kier alpha value is -3.97. The zero-order chi connectivity index (χ0) is 38.7. The van der Waals surface area contributed by atoms with Crippen LogP contribution in [-0.4, -0.2) is 39.2 Å². The highest BCUT2D eigenvalue weighted by Gasteiger charge is 2.18. The number of hydrogen-bond donors (Lipinski definition) is 2. The number of thiazole rings is 2. The highest BCUT2D eigenvalue weighted by Crippen LogP contribution is 2.38. The van der Waals surface area contributed by atoms with Crippen molar-refractivity contribution < 1.29 is 24.5 Å². The van der Waals surface area contributed by atoms with Gasteiger partial charge in [-0.25, -0.2) is 19.6 Å². The van der Waals surface area contributed by atoms with Crippen molar-refractivity contribution in [2.75, 3.05) is 7.11 Å². The SMILES string of the molecule is COC(=O)c1cc(-c2nc(-c3ccc(Cl)c(Cl)c3)cs2)ccc1Br.O=C(O)c1cc(-c2nc(-c3ccc(Cl)c(Cl)c3)cs2)ccc1-c1cc(O)ccc1Cl. The number of benzene rings is 5. The van der Waals surface area contributed by atoms with Gasteiger partial charge in [-0.05, 0) is 82.2 Å². The summed E-state index contributed by atoms with van der Waals surface area (Å²) in [6, 6.07) is 25.5. The maximum Gasteiger partial charge on any atom is 0.339 e. The number of esters is 1. The lowest BCUT2D eigenvalue weighted by molar-refractivity contribution is 0.0598. The molecular weight excluding hydrogens is 898 g/mol. The smallest absolute Gasteiger partial charge is 0.339 e. The second-order valence-corrected chi connectivity index (χ2v) is 15.9. The standard InChI is InChI=1S/C22H12Cl3NO3S.C17H10BrCl2NO2S/c23-17-6-3-13(27)9-15(17)14-4-1-12(7-16(14)22(28)29)21-26-20(10-30-21)11-2-5-18(24)19(25)8-11;1-23-17(22)11-6-10(2-4-12(11)18)16-21-15(8-24-16)9-3-5-13(19)14(20)7-9/h1-10,27H,(H,28,29);2-8H,1H3. The van der Waals surface area contributed by atoms with Crippen molar-refractivity contribution in [1.29, 1.82) is 0 Å². The van der Waals surface area contributed by atoms with Crippen LogP contribution >= 0.6 is 96.6 Å². The maximum absolute atomic E-state index is 11.9. The van der Waals surface area contributed by atoms with Crippen LogP contribution in [0.3, 0.4) is 0 Å². The highest BCUT2D eigenvalue weighted by molar-refractivity contribution is 9.10. The average Bonchev–Trinajstić information content (AvgIpc) is 3.86. The normalized spacial score (nSPS) is 10.8. The number of carboxylic acids is 1. The summed E-state index contributed by atoms with van der Waals surface area (Å²) < 4.78 is 5.47. The first-order valence-corrected chi connectivity index (χ1v) is 19.8. The van der Waals surface area contributed by atoms with Crippen molar-refractivity contribution in [3.8, 4) is 60.5 Å². The molecule has 0 amide bonds. The van der Waals surface area contributed by atoms with Gasteiger partial charge in [0.15, 0.2) is 0 Å². The molecule has 0 aliphatic rings. The van der Waals surface area contributed by atoms with Crippen LogP contribution in [-0.2, 0) is 4.74 Å². The number of phenolic OH excluding ortho intramolecular Hbond substituents is 1. The van der Waals surface area contributed by atoms with E-state index in [0.29, 0.717) is 62.5 Å². The number of halogens is 6. The first-order chi connectivity index (χ1) is 25.8. The number of aromatic carboxylic acids is 1. The van der Waals surface area contributed by atoms with Crippen LogP contribution in [0.2, 0.25) is 25.1 Å². The molecule has 0 saturated carbocycles. The minimum atomic E-state index is -1.10. The van der Waals surface area contributed by atoms with Crippen LogP contribution in [0.25, 0.3) is 54.8 Å². The predicted octanol–water partition coefficient (Wildman–Crippen LogP) is 13.8. The van der Waals surface area contributed by atoms with E-state index in [-0.39, 0.29) is 11.3 Å². The third-order valence-electron chi connectivity index (χ3n) is 7.79. The number of aromatic nitrogens is 2. The molecule has 2 N–H and O–H groups in total. The van der Waals surface area contributed by atoms with Crippen molar-refractivity contribution in [3.63, 3.8) is 0 Å². The molecule has 54 heavy (non-hydrogen) atoms. The van der Waals surface area contributed by atoms with Gasteiger partial charge in [0.25, 0.3) is 0 Å². The largest absolute Gasteiger partial charge is 0.508 e. The van der Waals surface area contributed by atoms with E-state index in [1.54, 1.807) is 48.5 Å². The number of carbonyl (C=O) groups is 2. The molecule has 2 heterocycles. The van der Waals surface area contributed by atoms with E-state index >= 15 is 0 Å². The van der Waals surface area contributed by atoms with E-state index in [1.165, 1.54) is 48.0 Å². The highest BCUT2D eigenvalue weighted by atomic mass is 79.9. The fraction of sp³-hybridized carbons (Fsp3) is 0.0256. The molecule has 0 saturated heterocycles. The Labute approximate surface area is 350 Å². The number of ether oxygens (including phenoxy) is 1. The van der Waals surface area contributed by atoms with Crippen LogP contribution < -0.4 is 0 Å². The van der Waals surface area contributed by atoms with Gasteiger partial charge in [-0.1, -0.05) is 88.3 Å². The summed E-state index contributed by atoms with van der Waals surface area (Å²) in [5.41, 5.74) is 6.09. The second kappa shape index (κ2) is 17.2. The van der Waals surface area contributed by atoms with Crippen LogP contribution in [0.5, 0.6) is 5.75 Å². The molecule has 7 rings (SSSR count). The van der Waals surface area contributed by atoms with Gasteiger partial charge in [0, 0.05) is 48.1 Å². The van der Waals surface area contributed by atoms with Crippen molar-refractivity contribution in [3.05, 3.63) is 142 Å². The number of rotatable bonds is 7. The Balaban J connectivity index is 0.000000189. The Bertz CT molecular complexity index is 2560. The van der Waals surface area contributed by atoms with Gasteiger partial charge in [0.2, 0.25) is 0 Å². The molecule has 0 radical (unpaired) electrons. The van der Waals surface area contributed by atoms with Crippen molar-refractivity contribution in [2.24, 2.45) is 0 Å². The van der Waals surface area contributed by atoms with Crippen molar-refractivity contribution >= 4 is 109 Å². The summed E-state index contributed by atoms with van der Waals surface area (Å²) >= 11 is 36.5. The minimum absolute atomic E-state index is 0.000931. The zero-order valence-corrected chi connectivity index (χ0v) is 34.4. The van der Waals surface area contributed by atoms with Crippen LogP contribution in [0.4, 0.5) is 0 Å². The van der Waals surface area contributed by atoms with E-state index in [4.69, 9.17) is 62.7 Å². The molecule has 7 aromatic rings. The fourth-order valence-corrected chi connectivity index (χ4v) is 8.00. The Morgan fingerprint density at radius 3 is 1.63 bits per heavy atom. The number of carboxylic acid groups (broad SMARTS) is 1. The van der Waals surface area contributed by atoms with Gasteiger partial charge < -0.3 is 14.9 Å². The third kappa shape index (κ3) is 8.94. The predicted molar refractivity (Wildman–Crippen MR) is 224 cm³/mol. The minimum Gasteiger partial charge on any atom is -0.508 e. The lowest BCUT2D eigenvalue weighted by Crippen LogP contribution is -2.02. The quantitative estimate of drug-likeness (QED) is 0.153. The first kappa shape index (κ1) is 39.7. The number of carbonyl (C=O) groups excluding carboxylic acids is 1. The van der Waals surface area contributed by atoms with Gasteiger partial charge in [-0.3, -0.25) is 0 Å². The third-order valence-corrected chi connectivity index (χ3v) is 12.1. The number of hydrogen-bond acceptors (Lipinski definition) is 8. The molecule has 2 aromatic heterocycles. The molecule has 0 aliphatic carbocycles. The van der Waals surface area contributed by atoms with E-state index < -0.39 is 11.9 Å². The van der Waals surface area contributed by atoms with Gasteiger partial charge in [0.1, 0.15) is 15.8 Å². The Morgan fingerprint density at radius 1 is 0.611 bits per heavy atom. The topological polar surface area (TPSA) is 110 Å². The summed E-state index contributed by atoms with van der Waals surface area (Å²) in [5, 5.41) is 27.0. The number of nitrogens with zero attached hydrogens (tertiary/aromatic N) is 2. The molecule has 0 unspecified atom stereocenters. The molecule has 0 spiro atoms. The lowest BCUT2D eigenvalue weighted by atomic mass is 9.97. The summed E-state index contributed by atoms with van der Waals surface area (Å²) in [7, 11) is 1.35. The van der Waals surface area contributed by atoms with Crippen LogP contribution in [0, 0.1) is 0 Å². The number of phenols is 1. The van der Waals surface area contributed by atoms with E-state index in [2.05, 4.69) is 25.9 Å². The number of methoxy groups -OCH3 is 1. The maximum atomic E-state index is 11.9. The summed E-state index contributed by atoms with van der Waals surface area (Å²) in [4.78, 5) is 33.0. The molecule has 0 aliphatic heterocycles. The van der Waals surface area contributed by atoms with E-state index in [1.807, 2.05) is 35.0 Å². The molecule has 0 bridgehead atoms. The molecule has 0 atom stereocenters. The molecular formula is C39H22BrCl5N2O5S2. The monoisotopic (exact) mass is 916 g/mol. The van der Waals surface area contributed by atoms with Crippen molar-refractivity contribution in [1.82, 2.24) is 9.97 Å². The van der Waals surface area contributed by atoms with Gasteiger partial charge >= 0.3 is 11.9 Å². The van der Waals surface area contributed by atoms with Crippen molar-refractivity contribution in [2.45, 2.75) is 0 Å². The Morgan fingerprint density at radius 2 is 1.11 bits per heavy atom. The summed E-state index contributed by atoms with van der Waals surface area (Å²) in [6.45, 7) is 0. The van der Waals surface area contributed by atoms with Gasteiger partial charge in [0.05, 0.1) is 49.7 Å². The lowest BCUT2D eigenvalue weighted by Gasteiger charge is -2.10. The van der Waals surface area contributed by atoms with Gasteiger partial charge in [-0.15, -0.1) is 22.7 Å². The molecule has 0 fully saturated rings.